The number of halogens is 1. The minimum atomic E-state index is -3.36. The van der Waals surface area contributed by atoms with Gasteiger partial charge in [0.1, 0.15) is 6.54 Å². The van der Waals surface area contributed by atoms with Crippen LogP contribution in [0.2, 0.25) is 0 Å². The normalized spacial score (nSPS) is 17.5. The number of nitrogens with zero attached hydrogens (tertiary/aromatic N) is 1. The van der Waals surface area contributed by atoms with Crippen LogP contribution < -0.4 is 4.90 Å². The van der Waals surface area contributed by atoms with E-state index in [1.165, 1.54) is 9.78 Å². The highest BCUT2D eigenvalue weighted by molar-refractivity contribution is 9.11. The summed E-state index contributed by atoms with van der Waals surface area (Å²) in [7, 11) is -3.36. The van der Waals surface area contributed by atoms with E-state index in [0.717, 1.165) is 29.0 Å². The minimum absolute atomic E-state index is 0.397. The predicted molar refractivity (Wildman–Crippen MR) is 96.4 cm³/mol. The molecule has 23 heavy (non-hydrogen) atoms. The second-order valence-corrected chi connectivity index (χ2v) is 10.3. The van der Waals surface area contributed by atoms with Crippen molar-refractivity contribution in [3.63, 3.8) is 0 Å². The summed E-state index contributed by atoms with van der Waals surface area (Å²) in [4.78, 5) is 3.17. The molecule has 0 spiro atoms. The molecule has 2 aromatic rings. The first-order valence-corrected chi connectivity index (χ1v) is 10.6. The lowest BCUT2D eigenvalue weighted by Crippen LogP contribution is -3.13. The second-order valence-electron chi connectivity index (χ2n) is 5.85. The lowest BCUT2D eigenvalue weighted by molar-refractivity contribution is -0.917. The Morgan fingerprint density at radius 1 is 1.13 bits per heavy atom. The molecule has 124 valence electrons. The van der Waals surface area contributed by atoms with Crippen molar-refractivity contribution in [3.05, 3.63) is 50.6 Å². The first kappa shape index (κ1) is 17.1. The molecule has 1 fully saturated rings. The number of piperazine rings is 1. The molecule has 1 aliphatic rings. The monoisotopic (exact) mass is 415 g/mol. The SMILES string of the molecule is Cc1ccc(S(=O)(=O)N2CC[NH+](Cc3ccc(Br)s3)CC2)cc1. The van der Waals surface area contributed by atoms with Crippen LogP contribution >= 0.6 is 27.3 Å². The maximum Gasteiger partial charge on any atom is 0.243 e. The van der Waals surface area contributed by atoms with E-state index >= 15 is 0 Å². The average Bonchev–Trinajstić information content (AvgIpc) is 2.93. The fraction of sp³-hybridized carbons (Fsp3) is 0.375. The molecule has 7 heteroatoms. The molecule has 1 aromatic heterocycles. The van der Waals surface area contributed by atoms with Gasteiger partial charge in [0.25, 0.3) is 0 Å². The molecule has 4 nitrogen and oxygen atoms in total. The van der Waals surface area contributed by atoms with Gasteiger partial charge in [0, 0.05) is 0 Å². The average molecular weight is 416 g/mol. The number of benzene rings is 1. The van der Waals surface area contributed by atoms with E-state index < -0.39 is 10.0 Å². The first-order valence-electron chi connectivity index (χ1n) is 7.60. The van der Waals surface area contributed by atoms with Crippen LogP contribution in [0, 0.1) is 6.92 Å². The van der Waals surface area contributed by atoms with Crippen molar-refractivity contribution in [3.8, 4) is 0 Å². The van der Waals surface area contributed by atoms with Gasteiger partial charge in [0.05, 0.1) is 39.7 Å². The van der Waals surface area contributed by atoms with E-state index in [2.05, 4.69) is 28.1 Å². The van der Waals surface area contributed by atoms with Crippen LogP contribution in [0.3, 0.4) is 0 Å². The lowest BCUT2D eigenvalue weighted by Gasteiger charge is -2.31. The zero-order chi connectivity index (χ0) is 16.4. The highest BCUT2D eigenvalue weighted by Crippen LogP contribution is 2.21. The van der Waals surface area contributed by atoms with E-state index in [9.17, 15) is 8.42 Å². The van der Waals surface area contributed by atoms with Gasteiger partial charge >= 0.3 is 0 Å². The Bertz CT molecular complexity index is 764. The molecule has 0 atom stereocenters. The van der Waals surface area contributed by atoms with Crippen LogP contribution in [-0.4, -0.2) is 38.9 Å². The quantitative estimate of drug-likeness (QED) is 0.828. The van der Waals surface area contributed by atoms with Crippen LogP contribution in [0.25, 0.3) is 0 Å². The molecule has 0 amide bonds. The molecule has 0 bridgehead atoms. The maximum absolute atomic E-state index is 12.7. The Labute approximate surface area is 149 Å². The summed E-state index contributed by atoms with van der Waals surface area (Å²) in [6.45, 7) is 5.79. The molecular weight excluding hydrogens is 396 g/mol. The maximum atomic E-state index is 12.7. The predicted octanol–water partition coefficient (Wildman–Crippen LogP) is 1.91. The molecule has 3 rings (SSSR count). The number of hydrogen-bond acceptors (Lipinski definition) is 3. The highest BCUT2D eigenvalue weighted by atomic mass is 79.9. The number of aryl methyl sites for hydroxylation is 1. The number of hydrogen-bond donors (Lipinski definition) is 1. The van der Waals surface area contributed by atoms with Crippen LogP contribution in [0.5, 0.6) is 0 Å². The molecule has 2 heterocycles. The smallest absolute Gasteiger partial charge is 0.243 e. The summed E-state index contributed by atoms with van der Waals surface area (Å²) >= 11 is 5.24. The van der Waals surface area contributed by atoms with Gasteiger partial charge in [-0.1, -0.05) is 17.7 Å². The fourth-order valence-corrected chi connectivity index (χ4v) is 5.77. The zero-order valence-corrected chi connectivity index (χ0v) is 16.2. The van der Waals surface area contributed by atoms with E-state index in [1.54, 1.807) is 27.8 Å². The van der Waals surface area contributed by atoms with Crippen molar-refractivity contribution >= 4 is 37.3 Å². The van der Waals surface area contributed by atoms with Gasteiger partial charge in [0.2, 0.25) is 10.0 Å². The Kier molecular flexibility index (Phi) is 5.22. The van der Waals surface area contributed by atoms with E-state index in [0.29, 0.717) is 18.0 Å². The molecule has 0 saturated carbocycles. The largest absolute Gasteiger partial charge is 0.328 e. The van der Waals surface area contributed by atoms with Gasteiger partial charge in [-0.25, -0.2) is 8.42 Å². The summed E-state index contributed by atoms with van der Waals surface area (Å²) < 4.78 is 28.1. The number of rotatable bonds is 4. The van der Waals surface area contributed by atoms with Gasteiger partial charge in [-0.2, -0.15) is 4.31 Å². The Hall–Kier alpha value is -0.730. The van der Waals surface area contributed by atoms with Crippen LogP contribution in [-0.2, 0) is 16.6 Å². The first-order chi connectivity index (χ1) is 10.9. The third-order valence-electron chi connectivity index (χ3n) is 4.14. The van der Waals surface area contributed by atoms with Crippen molar-refractivity contribution < 1.29 is 13.3 Å². The third kappa shape index (κ3) is 4.03. The Balaban J connectivity index is 1.62. The second kappa shape index (κ2) is 7.03. The molecular formula is C16H20BrN2O2S2+. The molecule has 1 aromatic carbocycles. The van der Waals surface area contributed by atoms with E-state index in [4.69, 9.17) is 0 Å². The third-order valence-corrected chi connectivity index (χ3v) is 7.68. The van der Waals surface area contributed by atoms with Crippen molar-refractivity contribution in [2.75, 3.05) is 26.2 Å². The molecule has 1 aliphatic heterocycles. The minimum Gasteiger partial charge on any atom is -0.328 e. The number of nitrogens with one attached hydrogen (secondary N) is 1. The number of thiophene rings is 1. The van der Waals surface area contributed by atoms with Crippen LogP contribution in [0.15, 0.2) is 45.1 Å². The number of sulfonamides is 1. The molecule has 1 saturated heterocycles. The van der Waals surface area contributed by atoms with Gasteiger partial charge in [-0.05, 0) is 47.1 Å². The topological polar surface area (TPSA) is 41.8 Å². The van der Waals surface area contributed by atoms with Gasteiger partial charge < -0.3 is 4.90 Å². The molecule has 0 radical (unpaired) electrons. The van der Waals surface area contributed by atoms with E-state index in [1.807, 2.05) is 19.1 Å². The molecule has 1 N–H and O–H groups in total. The van der Waals surface area contributed by atoms with Gasteiger partial charge in [-0.15, -0.1) is 11.3 Å². The summed E-state index contributed by atoms with van der Waals surface area (Å²) in [5, 5.41) is 0. The van der Waals surface area contributed by atoms with Crippen LogP contribution in [0.1, 0.15) is 10.4 Å². The molecule has 0 aliphatic carbocycles. The van der Waals surface area contributed by atoms with Gasteiger partial charge in [0.15, 0.2) is 0 Å². The summed E-state index contributed by atoms with van der Waals surface area (Å²) in [5.41, 5.74) is 1.07. The Morgan fingerprint density at radius 2 is 1.78 bits per heavy atom. The van der Waals surface area contributed by atoms with E-state index in [-0.39, 0.29) is 0 Å². The lowest BCUT2D eigenvalue weighted by atomic mass is 10.2. The zero-order valence-electron chi connectivity index (χ0n) is 13.0. The van der Waals surface area contributed by atoms with Crippen molar-refractivity contribution in [1.29, 1.82) is 0 Å². The van der Waals surface area contributed by atoms with Gasteiger partial charge in [-0.3, -0.25) is 0 Å². The summed E-state index contributed by atoms with van der Waals surface area (Å²) in [5.74, 6) is 0. The standard InChI is InChI=1S/C16H19BrN2O2S2/c1-13-2-5-15(6-3-13)23(20,21)19-10-8-18(9-11-19)12-14-4-7-16(17)22-14/h2-7H,8-12H2,1H3/p+1. The summed E-state index contributed by atoms with van der Waals surface area (Å²) in [6.07, 6.45) is 0. The molecule has 0 unspecified atom stereocenters. The van der Waals surface area contributed by atoms with Crippen LogP contribution in [0.4, 0.5) is 0 Å². The number of quaternary nitrogens is 1. The van der Waals surface area contributed by atoms with Crippen molar-refractivity contribution in [1.82, 2.24) is 4.31 Å². The fourth-order valence-electron chi connectivity index (χ4n) is 2.77. The van der Waals surface area contributed by atoms with Crippen molar-refractivity contribution in [2.45, 2.75) is 18.4 Å². The highest BCUT2D eigenvalue weighted by Gasteiger charge is 2.30. The Morgan fingerprint density at radius 3 is 2.35 bits per heavy atom. The summed E-state index contributed by atoms with van der Waals surface area (Å²) in [6, 6.07) is 11.3. The van der Waals surface area contributed by atoms with Crippen molar-refractivity contribution in [2.24, 2.45) is 0 Å².